The van der Waals surface area contributed by atoms with Crippen LogP contribution in [0.1, 0.15) is 49.4 Å². The normalized spacial score (nSPS) is 23.6. The second-order valence-electron chi connectivity index (χ2n) is 5.56. The Morgan fingerprint density at radius 2 is 2.11 bits per heavy atom. The Kier molecular flexibility index (Phi) is 4.30. The molecule has 0 bridgehead atoms. The highest BCUT2D eigenvalue weighted by Gasteiger charge is 2.18. The molecule has 4 heteroatoms. The number of rotatable bonds is 2. The van der Waals surface area contributed by atoms with Crippen LogP contribution in [0.4, 0.5) is 5.69 Å². The number of aromatic hydroxyl groups is 1. The highest BCUT2D eigenvalue weighted by Crippen LogP contribution is 2.24. The van der Waals surface area contributed by atoms with E-state index in [4.69, 9.17) is 5.73 Å². The fraction of sp³-hybridized carbons (Fsp3) is 0.533. The SMILES string of the molecule is CC1CCCC(NC(=O)c2ccc(N)c(O)c2)CC1. The van der Waals surface area contributed by atoms with Crippen molar-refractivity contribution in [3.63, 3.8) is 0 Å². The summed E-state index contributed by atoms with van der Waals surface area (Å²) in [5, 5.41) is 12.6. The standard InChI is InChI=1S/C15H22N2O2/c1-10-3-2-4-12(7-5-10)17-15(19)11-6-8-13(16)14(18)9-11/h6,8-10,12,18H,2-5,7,16H2,1H3,(H,17,19). The molecule has 4 nitrogen and oxygen atoms in total. The molecular weight excluding hydrogens is 240 g/mol. The van der Waals surface area contributed by atoms with Crippen molar-refractivity contribution in [1.82, 2.24) is 5.32 Å². The molecule has 2 rings (SSSR count). The van der Waals surface area contributed by atoms with E-state index >= 15 is 0 Å². The van der Waals surface area contributed by atoms with Gasteiger partial charge in [-0.3, -0.25) is 4.79 Å². The molecule has 0 heterocycles. The Balaban J connectivity index is 1.98. The van der Waals surface area contributed by atoms with Crippen LogP contribution in [0.2, 0.25) is 0 Å². The van der Waals surface area contributed by atoms with Crippen LogP contribution in [0.5, 0.6) is 5.75 Å². The maximum atomic E-state index is 12.1. The lowest BCUT2D eigenvalue weighted by molar-refractivity contribution is 0.0933. The lowest BCUT2D eigenvalue weighted by atomic mass is 10.0. The minimum atomic E-state index is -0.130. The van der Waals surface area contributed by atoms with Crippen LogP contribution in [-0.2, 0) is 0 Å². The van der Waals surface area contributed by atoms with E-state index in [1.54, 1.807) is 12.1 Å². The van der Waals surface area contributed by atoms with Crippen LogP contribution in [0.15, 0.2) is 18.2 Å². The summed E-state index contributed by atoms with van der Waals surface area (Å²) in [4.78, 5) is 12.1. The first kappa shape index (κ1) is 13.7. The third-order valence-corrected chi connectivity index (χ3v) is 3.89. The number of amides is 1. The van der Waals surface area contributed by atoms with Gasteiger partial charge >= 0.3 is 0 Å². The van der Waals surface area contributed by atoms with Gasteiger partial charge in [0, 0.05) is 11.6 Å². The van der Waals surface area contributed by atoms with E-state index in [2.05, 4.69) is 12.2 Å². The maximum Gasteiger partial charge on any atom is 0.251 e. The second-order valence-corrected chi connectivity index (χ2v) is 5.56. The average Bonchev–Trinajstić information content (AvgIpc) is 2.58. The van der Waals surface area contributed by atoms with E-state index in [0.717, 1.165) is 25.2 Å². The zero-order valence-corrected chi connectivity index (χ0v) is 11.4. The Bertz CT molecular complexity index is 459. The summed E-state index contributed by atoms with van der Waals surface area (Å²) in [6, 6.07) is 4.87. The molecule has 0 aromatic heterocycles. The number of hydrogen-bond acceptors (Lipinski definition) is 3. The molecule has 1 fully saturated rings. The van der Waals surface area contributed by atoms with Crippen molar-refractivity contribution in [2.45, 2.75) is 45.1 Å². The zero-order chi connectivity index (χ0) is 13.8. The molecule has 0 radical (unpaired) electrons. The fourth-order valence-electron chi connectivity index (χ4n) is 2.59. The Morgan fingerprint density at radius 3 is 2.84 bits per heavy atom. The number of anilines is 1. The van der Waals surface area contributed by atoms with E-state index in [1.165, 1.54) is 18.9 Å². The van der Waals surface area contributed by atoms with Gasteiger partial charge in [-0.1, -0.05) is 19.8 Å². The molecule has 2 atom stereocenters. The number of hydrogen-bond donors (Lipinski definition) is 3. The molecule has 1 aromatic rings. The predicted octanol–water partition coefficient (Wildman–Crippen LogP) is 2.67. The summed E-state index contributed by atoms with van der Waals surface area (Å²) < 4.78 is 0. The quantitative estimate of drug-likeness (QED) is 0.436. The van der Waals surface area contributed by atoms with Crippen molar-refractivity contribution in [2.75, 3.05) is 5.73 Å². The summed E-state index contributed by atoms with van der Waals surface area (Å²) in [6.07, 6.45) is 5.65. The summed E-state index contributed by atoms with van der Waals surface area (Å²) >= 11 is 0. The first-order valence-corrected chi connectivity index (χ1v) is 6.95. The third-order valence-electron chi connectivity index (χ3n) is 3.89. The van der Waals surface area contributed by atoms with Crippen LogP contribution in [-0.4, -0.2) is 17.1 Å². The Labute approximate surface area is 114 Å². The maximum absolute atomic E-state index is 12.1. The van der Waals surface area contributed by atoms with Gasteiger partial charge in [0.05, 0.1) is 5.69 Å². The predicted molar refractivity (Wildman–Crippen MR) is 76.0 cm³/mol. The minimum absolute atomic E-state index is 0.0397. The molecule has 4 N–H and O–H groups in total. The Hall–Kier alpha value is -1.71. The third kappa shape index (κ3) is 3.63. The summed E-state index contributed by atoms with van der Waals surface area (Å²) in [6.45, 7) is 2.27. The van der Waals surface area contributed by atoms with Gasteiger partial charge in [-0.2, -0.15) is 0 Å². The molecule has 1 aromatic carbocycles. The highest BCUT2D eigenvalue weighted by atomic mass is 16.3. The molecule has 0 saturated heterocycles. The van der Waals surface area contributed by atoms with Crippen LogP contribution >= 0.6 is 0 Å². The lowest BCUT2D eigenvalue weighted by Crippen LogP contribution is -2.34. The van der Waals surface area contributed by atoms with E-state index in [0.29, 0.717) is 11.3 Å². The summed E-state index contributed by atoms with van der Waals surface area (Å²) in [5.41, 5.74) is 6.28. The molecule has 0 aliphatic heterocycles. The number of benzene rings is 1. The van der Waals surface area contributed by atoms with Crippen molar-refractivity contribution in [3.05, 3.63) is 23.8 Å². The molecule has 104 valence electrons. The summed E-state index contributed by atoms with van der Waals surface area (Å²) in [7, 11) is 0. The molecule has 0 spiro atoms. The number of carbonyl (C=O) groups is 1. The van der Waals surface area contributed by atoms with Crippen LogP contribution in [0.3, 0.4) is 0 Å². The molecular formula is C15H22N2O2. The van der Waals surface area contributed by atoms with Crippen LogP contribution in [0.25, 0.3) is 0 Å². The van der Waals surface area contributed by atoms with Gasteiger partial charge in [-0.05, 0) is 43.4 Å². The molecule has 1 aliphatic carbocycles. The van der Waals surface area contributed by atoms with Crippen LogP contribution < -0.4 is 11.1 Å². The van der Waals surface area contributed by atoms with Gasteiger partial charge in [0.25, 0.3) is 5.91 Å². The fourth-order valence-corrected chi connectivity index (χ4v) is 2.59. The van der Waals surface area contributed by atoms with Gasteiger partial charge in [0.1, 0.15) is 5.75 Å². The van der Waals surface area contributed by atoms with Crippen molar-refractivity contribution in [2.24, 2.45) is 5.92 Å². The smallest absolute Gasteiger partial charge is 0.251 e. The minimum Gasteiger partial charge on any atom is -0.506 e. The number of nitrogen functional groups attached to an aromatic ring is 1. The van der Waals surface area contributed by atoms with E-state index in [-0.39, 0.29) is 17.7 Å². The van der Waals surface area contributed by atoms with E-state index in [1.807, 2.05) is 0 Å². The number of carbonyl (C=O) groups excluding carboxylic acids is 1. The monoisotopic (exact) mass is 262 g/mol. The van der Waals surface area contributed by atoms with Gasteiger partial charge in [0.15, 0.2) is 0 Å². The van der Waals surface area contributed by atoms with Gasteiger partial charge in [-0.15, -0.1) is 0 Å². The summed E-state index contributed by atoms with van der Waals surface area (Å²) in [5.74, 6) is 0.583. The lowest BCUT2D eigenvalue weighted by Gasteiger charge is -2.16. The van der Waals surface area contributed by atoms with Crippen molar-refractivity contribution < 1.29 is 9.90 Å². The number of nitrogens with two attached hydrogens (primary N) is 1. The molecule has 19 heavy (non-hydrogen) atoms. The first-order valence-electron chi connectivity index (χ1n) is 6.95. The molecule has 1 amide bonds. The molecule has 1 aliphatic rings. The van der Waals surface area contributed by atoms with Crippen LogP contribution in [0, 0.1) is 5.92 Å². The van der Waals surface area contributed by atoms with Gasteiger partial charge < -0.3 is 16.2 Å². The Morgan fingerprint density at radius 1 is 1.32 bits per heavy atom. The molecule has 1 saturated carbocycles. The largest absolute Gasteiger partial charge is 0.506 e. The average molecular weight is 262 g/mol. The topological polar surface area (TPSA) is 75.4 Å². The number of phenols is 1. The van der Waals surface area contributed by atoms with Crippen molar-refractivity contribution in [1.29, 1.82) is 0 Å². The number of nitrogens with one attached hydrogen (secondary N) is 1. The second kappa shape index (κ2) is 5.95. The first-order chi connectivity index (χ1) is 9.06. The van der Waals surface area contributed by atoms with Crippen molar-refractivity contribution in [3.8, 4) is 5.75 Å². The number of phenolic OH excluding ortho intramolecular Hbond substituents is 1. The zero-order valence-electron chi connectivity index (χ0n) is 11.4. The molecule has 2 unspecified atom stereocenters. The van der Waals surface area contributed by atoms with Gasteiger partial charge in [-0.25, -0.2) is 0 Å². The van der Waals surface area contributed by atoms with Gasteiger partial charge in [0.2, 0.25) is 0 Å². The van der Waals surface area contributed by atoms with E-state index in [9.17, 15) is 9.90 Å². The highest BCUT2D eigenvalue weighted by molar-refractivity contribution is 5.95. The van der Waals surface area contributed by atoms with E-state index < -0.39 is 0 Å². The van der Waals surface area contributed by atoms with Crippen molar-refractivity contribution >= 4 is 11.6 Å².